The molecule has 0 radical (unpaired) electrons. The predicted molar refractivity (Wildman–Crippen MR) is 79.0 cm³/mol. The fourth-order valence-electron chi connectivity index (χ4n) is 1.77. The maximum Gasteiger partial charge on any atom is 0.340 e. The molecule has 0 spiro atoms. The zero-order valence-corrected chi connectivity index (χ0v) is 11.5. The number of methoxy groups -OCH3 is 1. The predicted octanol–water partition coefficient (Wildman–Crippen LogP) is 2.26. The van der Waals surface area contributed by atoms with Gasteiger partial charge in [0.05, 0.1) is 37.0 Å². The quantitative estimate of drug-likeness (QED) is 0.834. The van der Waals surface area contributed by atoms with Gasteiger partial charge in [-0.2, -0.15) is 5.26 Å². The Kier molecular flexibility index (Phi) is 4.36. The van der Waals surface area contributed by atoms with Crippen LogP contribution in [-0.2, 0) is 11.2 Å². The van der Waals surface area contributed by atoms with Gasteiger partial charge in [-0.15, -0.1) is 0 Å². The number of nitrogens with zero attached hydrogens (tertiary/aromatic N) is 2. The van der Waals surface area contributed by atoms with Crippen LogP contribution >= 0.6 is 0 Å². The van der Waals surface area contributed by atoms with E-state index in [2.05, 4.69) is 21.1 Å². The summed E-state index contributed by atoms with van der Waals surface area (Å²) in [5.41, 5.74) is 7.94. The lowest BCUT2D eigenvalue weighted by Crippen LogP contribution is -2.07. The number of ether oxygens (including phenoxy) is 1. The Hall–Kier alpha value is -3.07. The number of carbonyl (C=O) groups excluding carboxylic acids is 1. The molecule has 0 unspecified atom stereocenters. The Balaban J connectivity index is 2.20. The van der Waals surface area contributed by atoms with Crippen molar-refractivity contribution >= 4 is 23.2 Å². The van der Waals surface area contributed by atoms with Crippen molar-refractivity contribution in [3.63, 3.8) is 0 Å². The zero-order valence-electron chi connectivity index (χ0n) is 11.5. The molecular formula is C15H14N4O2. The van der Waals surface area contributed by atoms with E-state index in [0.29, 0.717) is 12.2 Å². The van der Waals surface area contributed by atoms with Crippen LogP contribution in [0.25, 0.3) is 0 Å². The van der Waals surface area contributed by atoms with Crippen LogP contribution in [0.5, 0.6) is 0 Å². The second-order valence-corrected chi connectivity index (χ2v) is 4.31. The summed E-state index contributed by atoms with van der Waals surface area (Å²) in [6.45, 7) is 0. The van der Waals surface area contributed by atoms with E-state index in [1.54, 1.807) is 0 Å². The Morgan fingerprint density at radius 1 is 1.43 bits per heavy atom. The molecule has 106 valence electrons. The highest BCUT2D eigenvalue weighted by molar-refractivity contribution is 5.95. The molecule has 21 heavy (non-hydrogen) atoms. The van der Waals surface area contributed by atoms with Gasteiger partial charge in [0.15, 0.2) is 0 Å². The Morgan fingerprint density at radius 3 is 2.76 bits per heavy atom. The Labute approximate surface area is 122 Å². The third-order valence-electron chi connectivity index (χ3n) is 2.85. The number of aromatic nitrogens is 1. The van der Waals surface area contributed by atoms with E-state index in [1.165, 1.54) is 19.4 Å². The first-order valence-electron chi connectivity index (χ1n) is 6.21. The minimum absolute atomic E-state index is 0.260. The molecule has 0 aliphatic rings. The number of nitrogen functional groups attached to an aromatic ring is 1. The highest BCUT2D eigenvalue weighted by Crippen LogP contribution is 2.20. The number of hydrogen-bond acceptors (Lipinski definition) is 6. The SMILES string of the molecule is COC(=O)c1cc(Nc2ccc(CC#N)cc2)ncc1N. The van der Waals surface area contributed by atoms with E-state index in [0.717, 1.165) is 11.3 Å². The second-order valence-electron chi connectivity index (χ2n) is 4.31. The van der Waals surface area contributed by atoms with E-state index in [1.807, 2.05) is 24.3 Å². The second kappa shape index (κ2) is 6.39. The standard InChI is InChI=1S/C15H14N4O2/c1-21-15(20)12-8-14(18-9-13(12)17)19-11-4-2-10(3-5-11)6-7-16/h2-5,8-9H,6,17H2,1H3,(H,18,19). The number of carbonyl (C=O) groups is 1. The highest BCUT2D eigenvalue weighted by Gasteiger charge is 2.11. The average Bonchev–Trinajstić information content (AvgIpc) is 2.50. The molecule has 6 heteroatoms. The molecule has 1 heterocycles. The van der Waals surface area contributed by atoms with Gasteiger partial charge in [-0.3, -0.25) is 0 Å². The van der Waals surface area contributed by atoms with Gasteiger partial charge in [-0.25, -0.2) is 9.78 Å². The van der Waals surface area contributed by atoms with Crippen LogP contribution in [-0.4, -0.2) is 18.1 Å². The summed E-state index contributed by atoms with van der Waals surface area (Å²) in [7, 11) is 1.29. The van der Waals surface area contributed by atoms with E-state index >= 15 is 0 Å². The van der Waals surface area contributed by atoms with Crippen LogP contribution in [0.15, 0.2) is 36.5 Å². The minimum Gasteiger partial charge on any atom is -0.465 e. The van der Waals surface area contributed by atoms with Gasteiger partial charge >= 0.3 is 5.97 Å². The van der Waals surface area contributed by atoms with Crippen LogP contribution in [0.2, 0.25) is 0 Å². The van der Waals surface area contributed by atoms with Crippen molar-refractivity contribution in [3.8, 4) is 6.07 Å². The number of benzene rings is 1. The summed E-state index contributed by atoms with van der Waals surface area (Å²) >= 11 is 0. The largest absolute Gasteiger partial charge is 0.465 e. The molecule has 0 aliphatic heterocycles. The minimum atomic E-state index is -0.512. The molecule has 0 atom stereocenters. The van der Waals surface area contributed by atoms with Gasteiger partial charge in [-0.05, 0) is 23.8 Å². The first-order valence-corrected chi connectivity index (χ1v) is 6.21. The normalized spacial score (nSPS) is 9.71. The molecule has 0 amide bonds. The van der Waals surface area contributed by atoms with Crippen molar-refractivity contribution in [1.29, 1.82) is 5.26 Å². The molecule has 0 saturated carbocycles. The number of anilines is 3. The Bertz CT molecular complexity index is 690. The van der Waals surface area contributed by atoms with Crippen molar-refractivity contribution in [1.82, 2.24) is 4.98 Å². The lowest BCUT2D eigenvalue weighted by atomic mass is 10.1. The van der Waals surface area contributed by atoms with Crippen LogP contribution in [0, 0.1) is 11.3 Å². The number of nitrogens with one attached hydrogen (secondary N) is 1. The fraction of sp³-hybridized carbons (Fsp3) is 0.133. The first kappa shape index (κ1) is 14.3. The summed E-state index contributed by atoms with van der Waals surface area (Å²) in [5, 5.41) is 11.7. The summed E-state index contributed by atoms with van der Waals surface area (Å²) in [5.74, 6) is -0.0278. The van der Waals surface area contributed by atoms with Crippen LogP contribution in [0.4, 0.5) is 17.2 Å². The van der Waals surface area contributed by atoms with E-state index < -0.39 is 5.97 Å². The van der Waals surface area contributed by atoms with Crippen molar-refractivity contribution in [3.05, 3.63) is 47.7 Å². The Morgan fingerprint density at radius 2 is 2.14 bits per heavy atom. The number of nitrogens with two attached hydrogens (primary N) is 1. The lowest BCUT2D eigenvalue weighted by molar-refractivity contribution is 0.0602. The topological polar surface area (TPSA) is 101 Å². The maximum absolute atomic E-state index is 11.6. The van der Waals surface area contributed by atoms with Crippen LogP contribution in [0.1, 0.15) is 15.9 Å². The summed E-state index contributed by atoms with van der Waals surface area (Å²) in [4.78, 5) is 15.7. The molecule has 3 N–H and O–H groups in total. The number of hydrogen-bond donors (Lipinski definition) is 2. The highest BCUT2D eigenvalue weighted by atomic mass is 16.5. The molecule has 0 fully saturated rings. The molecule has 2 rings (SSSR count). The molecule has 1 aromatic carbocycles. The van der Waals surface area contributed by atoms with Gasteiger partial charge in [0.2, 0.25) is 0 Å². The number of nitriles is 1. The molecule has 1 aromatic heterocycles. The van der Waals surface area contributed by atoms with Crippen molar-refractivity contribution in [2.45, 2.75) is 6.42 Å². The smallest absolute Gasteiger partial charge is 0.340 e. The van der Waals surface area contributed by atoms with Crippen molar-refractivity contribution < 1.29 is 9.53 Å². The monoisotopic (exact) mass is 282 g/mol. The van der Waals surface area contributed by atoms with E-state index in [9.17, 15) is 4.79 Å². The summed E-state index contributed by atoms with van der Waals surface area (Å²) < 4.78 is 4.66. The van der Waals surface area contributed by atoms with Crippen LogP contribution < -0.4 is 11.1 Å². The lowest BCUT2D eigenvalue weighted by Gasteiger charge is -2.09. The molecule has 0 aliphatic carbocycles. The third kappa shape index (κ3) is 3.48. The van der Waals surface area contributed by atoms with Gasteiger partial charge < -0.3 is 15.8 Å². The van der Waals surface area contributed by atoms with Gasteiger partial charge in [0.1, 0.15) is 5.82 Å². The number of pyridine rings is 1. The van der Waals surface area contributed by atoms with Gasteiger partial charge in [0.25, 0.3) is 0 Å². The van der Waals surface area contributed by atoms with Crippen molar-refractivity contribution in [2.24, 2.45) is 0 Å². The average molecular weight is 282 g/mol. The molecule has 6 nitrogen and oxygen atoms in total. The summed E-state index contributed by atoms with van der Waals surface area (Å²) in [6.07, 6.45) is 1.77. The fourth-order valence-corrected chi connectivity index (χ4v) is 1.77. The van der Waals surface area contributed by atoms with E-state index in [4.69, 9.17) is 11.0 Å². The summed E-state index contributed by atoms with van der Waals surface area (Å²) in [6, 6.07) is 11.0. The van der Waals surface area contributed by atoms with Gasteiger partial charge in [0, 0.05) is 5.69 Å². The first-order chi connectivity index (χ1) is 10.1. The number of esters is 1. The third-order valence-corrected chi connectivity index (χ3v) is 2.85. The molecule has 0 saturated heterocycles. The van der Waals surface area contributed by atoms with Crippen molar-refractivity contribution in [2.75, 3.05) is 18.2 Å². The van der Waals surface area contributed by atoms with Crippen LogP contribution in [0.3, 0.4) is 0 Å². The zero-order chi connectivity index (χ0) is 15.2. The van der Waals surface area contributed by atoms with E-state index in [-0.39, 0.29) is 11.3 Å². The molecule has 2 aromatic rings. The molecule has 0 bridgehead atoms. The maximum atomic E-state index is 11.6. The van der Waals surface area contributed by atoms with Gasteiger partial charge in [-0.1, -0.05) is 12.1 Å². The number of rotatable bonds is 4. The molecular weight excluding hydrogens is 268 g/mol.